The molecular formula is C16H13ClFNO3. The summed E-state index contributed by atoms with van der Waals surface area (Å²) in [6.07, 6.45) is 0. The van der Waals surface area contributed by atoms with E-state index < -0.39 is 24.3 Å². The number of rotatable bonds is 4. The first kappa shape index (κ1) is 16.0. The van der Waals surface area contributed by atoms with Gasteiger partial charge in [0.15, 0.2) is 6.61 Å². The maximum atomic E-state index is 13.4. The van der Waals surface area contributed by atoms with Crippen molar-refractivity contribution >= 4 is 29.2 Å². The molecule has 6 heteroatoms. The van der Waals surface area contributed by atoms with E-state index in [-0.39, 0.29) is 5.56 Å². The third-order valence-electron chi connectivity index (χ3n) is 2.97. The number of benzene rings is 2. The Morgan fingerprint density at radius 1 is 1.18 bits per heavy atom. The molecule has 2 aromatic rings. The average Bonchev–Trinajstić information content (AvgIpc) is 2.50. The second-order valence-corrected chi connectivity index (χ2v) is 4.92. The highest BCUT2D eigenvalue weighted by Crippen LogP contribution is 2.22. The summed E-state index contributed by atoms with van der Waals surface area (Å²) in [4.78, 5) is 23.5. The van der Waals surface area contributed by atoms with Gasteiger partial charge in [-0.25, -0.2) is 9.18 Å². The van der Waals surface area contributed by atoms with Gasteiger partial charge in [0.1, 0.15) is 5.82 Å². The molecule has 0 aromatic heterocycles. The number of nitrogens with one attached hydrogen (secondary N) is 1. The Labute approximate surface area is 131 Å². The molecular weight excluding hydrogens is 309 g/mol. The quantitative estimate of drug-likeness (QED) is 0.876. The van der Waals surface area contributed by atoms with Gasteiger partial charge in [-0.15, -0.1) is 0 Å². The van der Waals surface area contributed by atoms with Crippen molar-refractivity contribution < 1.29 is 18.7 Å². The van der Waals surface area contributed by atoms with Crippen molar-refractivity contribution in [3.05, 3.63) is 64.4 Å². The van der Waals surface area contributed by atoms with Gasteiger partial charge >= 0.3 is 5.97 Å². The summed E-state index contributed by atoms with van der Waals surface area (Å²) in [5.74, 6) is -2.12. The van der Waals surface area contributed by atoms with E-state index in [9.17, 15) is 14.0 Å². The monoisotopic (exact) mass is 321 g/mol. The molecule has 4 nitrogen and oxygen atoms in total. The number of esters is 1. The van der Waals surface area contributed by atoms with Crippen molar-refractivity contribution in [1.82, 2.24) is 0 Å². The molecule has 0 spiro atoms. The zero-order valence-electron chi connectivity index (χ0n) is 11.7. The summed E-state index contributed by atoms with van der Waals surface area (Å²) < 4.78 is 18.2. The van der Waals surface area contributed by atoms with Crippen LogP contribution in [0.2, 0.25) is 5.02 Å². The fraction of sp³-hybridized carbons (Fsp3) is 0.125. The highest BCUT2D eigenvalue weighted by Gasteiger charge is 2.14. The normalized spacial score (nSPS) is 10.1. The van der Waals surface area contributed by atoms with E-state index in [2.05, 4.69) is 5.32 Å². The Morgan fingerprint density at radius 3 is 2.64 bits per heavy atom. The fourth-order valence-corrected chi connectivity index (χ4v) is 1.94. The Bertz CT molecular complexity index is 718. The van der Waals surface area contributed by atoms with Crippen LogP contribution in [0.5, 0.6) is 0 Å². The number of ether oxygens (including phenoxy) is 1. The molecule has 0 unspecified atom stereocenters. The van der Waals surface area contributed by atoms with Crippen LogP contribution in [0.1, 0.15) is 15.9 Å². The summed E-state index contributed by atoms with van der Waals surface area (Å²) in [6.45, 7) is 1.24. The van der Waals surface area contributed by atoms with Gasteiger partial charge in [0, 0.05) is 10.7 Å². The third kappa shape index (κ3) is 3.83. The number of carbonyl (C=O) groups excluding carboxylic acids is 2. The highest BCUT2D eigenvalue weighted by atomic mass is 35.5. The van der Waals surface area contributed by atoms with Gasteiger partial charge in [-0.3, -0.25) is 4.79 Å². The summed E-state index contributed by atoms with van der Waals surface area (Å²) in [5.41, 5.74) is 1.02. The van der Waals surface area contributed by atoms with Crippen LogP contribution < -0.4 is 5.32 Å². The van der Waals surface area contributed by atoms with Gasteiger partial charge in [0.2, 0.25) is 0 Å². The summed E-state index contributed by atoms with van der Waals surface area (Å²) in [5, 5.41) is 3.09. The standard InChI is InChI=1S/C16H13ClFNO3/c1-10-12(17)6-4-8-14(10)19-15(20)9-22-16(21)11-5-2-3-7-13(11)18/h2-8H,9H2,1H3,(H,19,20). The second-order valence-electron chi connectivity index (χ2n) is 4.52. The third-order valence-corrected chi connectivity index (χ3v) is 3.38. The van der Waals surface area contributed by atoms with Crippen LogP contribution in [-0.2, 0) is 9.53 Å². The summed E-state index contributed by atoms with van der Waals surface area (Å²) >= 11 is 5.94. The zero-order chi connectivity index (χ0) is 16.1. The second kappa shape index (κ2) is 7.04. The van der Waals surface area contributed by atoms with Gasteiger partial charge in [0.05, 0.1) is 5.56 Å². The molecule has 0 aliphatic rings. The molecule has 0 fully saturated rings. The maximum absolute atomic E-state index is 13.4. The Kier molecular flexibility index (Phi) is 5.12. The van der Waals surface area contributed by atoms with Crippen LogP contribution in [0.15, 0.2) is 42.5 Å². The SMILES string of the molecule is Cc1c(Cl)cccc1NC(=O)COC(=O)c1ccccc1F. The first-order valence-corrected chi connectivity index (χ1v) is 6.83. The topological polar surface area (TPSA) is 55.4 Å². The van der Waals surface area contributed by atoms with Crippen LogP contribution in [0, 0.1) is 12.7 Å². The van der Waals surface area contributed by atoms with Crippen LogP contribution >= 0.6 is 11.6 Å². The van der Waals surface area contributed by atoms with Crippen molar-refractivity contribution in [2.24, 2.45) is 0 Å². The summed E-state index contributed by atoms with van der Waals surface area (Å²) in [6, 6.07) is 10.5. The molecule has 0 saturated carbocycles. The molecule has 0 bridgehead atoms. The fourth-order valence-electron chi connectivity index (χ4n) is 1.76. The molecule has 114 valence electrons. The zero-order valence-corrected chi connectivity index (χ0v) is 12.5. The van der Waals surface area contributed by atoms with Crippen LogP contribution in [0.25, 0.3) is 0 Å². The van der Waals surface area contributed by atoms with E-state index in [4.69, 9.17) is 16.3 Å². The number of amides is 1. The molecule has 1 amide bonds. The van der Waals surface area contributed by atoms with Gasteiger partial charge in [-0.05, 0) is 36.8 Å². The lowest BCUT2D eigenvalue weighted by molar-refractivity contribution is -0.119. The number of hydrogen-bond donors (Lipinski definition) is 1. The molecule has 0 heterocycles. The largest absolute Gasteiger partial charge is 0.452 e. The molecule has 0 aliphatic carbocycles. The maximum Gasteiger partial charge on any atom is 0.341 e. The number of halogens is 2. The Morgan fingerprint density at radius 2 is 1.91 bits per heavy atom. The number of anilines is 1. The van der Waals surface area contributed by atoms with E-state index in [1.54, 1.807) is 25.1 Å². The average molecular weight is 322 g/mol. The van der Waals surface area contributed by atoms with E-state index in [1.165, 1.54) is 18.2 Å². The number of hydrogen-bond acceptors (Lipinski definition) is 3. The first-order chi connectivity index (χ1) is 10.5. The first-order valence-electron chi connectivity index (χ1n) is 6.45. The van der Waals surface area contributed by atoms with Crippen molar-refractivity contribution in [3.63, 3.8) is 0 Å². The predicted molar refractivity (Wildman–Crippen MR) is 81.5 cm³/mol. The van der Waals surface area contributed by atoms with Crippen molar-refractivity contribution in [2.75, 3.05) is 11.9 Å². The van der Waals surface area contributed by atoms with Crippen molar-refractivity contribution in [2.45, 2.75) is 6.92 Å². The molecule has 0 aliphatic heterocycles. The molecule has 0 atom stereocenters. The minimum absolute atomic E-state index is 0.214. The van der Waals surface area contributed by atoms with Crippen molar-refractivity contribution in [3.8, 4) is 0 Å². The lowest BCUT2D eigenvalue weighted by Gasteiger charge is -2.10. The van der Waals surface area contributed by atoms with E-state index in [1.807, 2.05) is 0 Å². The number of carbonyl (C=O) groups is 2. The Hall–Kier alpha value is -2.40. The van der Waals surface area contributed by atoms with E-state index >= 15 is 0 Å². The molecule has 0 saturated heterocycles. The molecule has 1 N–H and O–H groups in total. The van der Waals surface area contributed by atoms with Crippen LogP contribution in [-0.4, -0.2) is 18.5 Å². The van der Waals surface area contributed by atoms with Crippen LogP contribution in [0.3, 0.4) is 0 Å². The van der Waals surface area contributed by atoms with Gasteiger partial charge in [-0.1, -0.05) is 29.8 Å². The van der Waals surface area contributed by atoms with Crippen LogP contribution in [0.4, 0.5) is 10.1 Å². The highest BCUT2D eigenvalue weighted by molar-refractivity contribution is 6.31. The molecule has 22 heavy (non-hydrogen) atoms. The Balaban J connectivity index is 1.95. The smallest absolute Gasteiger partial charge is 0.341 e. The lowest BCUT2D eigenvalue weighted by atomic mass is 10.2. The van der Waals surface area contributed by atoms with Gasteiger partial charge < -0.3 is 10.1 Å². The van der Waals surface area contributed by atoms with E-state index in [0.29, 0.717) is 16.3 Å². The predicted octanol–water partition coefficient (Wildman–Crippen LogP) is 3.58. The lowest BCUT2D eigenvalue weighted by Crippen LogP contribution is -2.21. The minimum atomic E-state index is -0.893. The van der Waals surface area contributed by atoms with Gasteiger partial charge in [-0.2, -0.15) is 0 Å². The minimum Gasteiger partial charge on any atom is -0.452 e. The van der Waals surface area contributed by atoms with Gasteiger partial charge in [0.25, 0.3) is 5.91 Å². The van der Waals surface area contributed by atoms with E-state index in [0.717, 1.165) is 6.07 Å². The summed E-state index contributed by atoms with van der Waals surface area (Å²) in [7, 11) is 0. The molecule has 0 radical (unpaired) electrons. The molecule has 2 aromatic carbocycles. The molecule has 2 rings (SSSR count). The van der Waals surface area contributed by atoms with Crippen molar-refractivity contribution in [1.29, 1.82) is 0 Å².